The number of carbonyl (C=O) groups excluding carboxylic acids is 1. The van der Waals surface area contributed by atoms with Gasteiger partial charge in [0.2, 0.25) is 0 Å². The molecule has 0 aliphatic heterocycles. The van der Waals surface area contributed by atoms with Crippen LogP contribution in [0.2, 0.25) is 0 Å². The molecule has 0 saturated heterocycles. The Labute approximate surface area is 273 Å². The molecule has 234 valence electrons. The van der Waals surface area contributed by atoms with Crippen LogP contribution in [0.3, 0.4) is 0 Å². The molecule has 5 aliphatic rings. The van der Waals surface area contributed by atoms with Gasteiger partial charge in [-0.1, -0.05) is 132 Å². The molecule has 1 heteroatoms. The first-order valence-corrected chi connectivity index (χ1v) is 16.5. The Balaban J connectivity index is 1.94. The van der Waals surface area contributed by atoms with Crippen molar-refractivity contribution < 1.29 is 4.42 Å². The Morgan fingerprint density at radius 2 is 0.800 bits per heavy atom. The first-order chi connectivity index (χ1) is 20.8. The van der Waals surface area contributed by atoms with Gasteiger partial charge in [-0.2, -0.15) is 0 Å². The molecule has 0 bridgehead atoms. The van der Waals surface area contributed by atoms with E-state index in [2.05, 4.69) is 168 Å². The van der Waals surface area contributed by atoms with Crippen molar-refractivity contribution in [3.05, 3.63) is 124 Å². The Hall–Kier alpha value is -3.71. The fourth-order valence-electron chi connectivity index (χ4n) is 6.57. The summed E-state index contributed by atoms with van der Waals surface area (Å²) in [5.74, 6) is 0.867. The van der Waals surface area contributed by atoms with Crippen LogP contribution >= 0.6 is 0 Å². The summed E-state index contributed by atoms with van der Waals surface area (Å²) in [5.41, 5.74) is 15.8. The zero-order valence-electron chi connectivity index (χ0n) is 30.0. The lowest BCUT2D eigenvalue weighted by Gasteiger charge is -2.19. The molecule has 0 spiro atoms. The summed E-state index contributed by atoms with van der Waals surface area (Å²) in [6, 6.07) is 23.8. The lowest BCUT2D eigenvalue weighted by molar-refractivity contribution is -0.417. The summed E-state index contributed by atoms with van der Waals surface area (Å²) in [4.78, 5) is 0. The molecule has 0 amide bonds. The van der Waals surface area contributed by atoms with Crippen molar-refractivity contribution in [2.75, 3.05) is 7.11 Å². The smallest absolute Gasteiger partial charge is 0.258 e. The normalized spacial score (nSPS) is 14.5. The zero-order chi connectivity index (χ0) is 33.1. The minimum atomic E-state index is -0.0174. The maximum absolute atomic E-state index is 5.60. The molecule has 0 saturated carbocycles. The van der Waals surface area contributed by atoms with Gasteiger partial charge in [-0.25, -0.2) is 0 Å². The average molecular weight is 598 g/mol. The van der Waals surface area contributed by atoms with Crippen LogP contribution in [0.5, 0.6) is 0 Å². The Morgan fingerprint density at radius 3 is 1.11 bits per heavy atom. The third-order valence-corrected chi connectivity index (χ3v) is 9.30. The maximum Gasteiger partial charge on any atom is 0.343 e. The van der Waals surface area contributed by atoms with Gasteiger partial charge in [0.15, 0.2) is 0 Å². The predicted octanol–water partition coefficient (Wildman–Crippen LogP) is 11.7. The second-order valence-corrected chi connectivity index (χ2v) is 16.9. The predicted molar refractivity (Wildman–Crippen MR) is 196 cm³/mol. The van der Waals surface area contributed by atoms with Gasteiger partial charge in [0.25, 0.3) is 7.11 Å². The molecule has 5 aliphatic carbocycles. The highest BCUT2D eigenvalue weighted by Crippen LogP contribution is 2.49. The third-order valence-electron chi connectivity index (χ3n) is 9.30. The molecule has 0 aromatic carbocycles. The summed E-state index contributed by atoms with van der Waals surface area (Å²) in [6.45, 7) is 27.8. The summed E-state index contributed by atoms with van der Waals surface area (Å²) in [5, 5.41) is 0. The lowest BCUT2D eigenvalue weighted by Crippen LogP contribution is -2.10. The largest absolute Gasteiger partial charge is 0.343 e. The highest BCUT2D eigenvalue weighted by Gasteiger charge is 2.31. The second-order valence-electron chi connectivity index (χ2n) is 16.9. The molecule has 0 unspecified atom stereocenters. The molecule has 0 N–H and O–H groups in total. The van der Waals surface area contributed by atoms with Crippen molar-refractivity contribution >= 4 is 11.4 Å². The number of fused-ring (bicyclic) bond motifs is 2. The maximum atomic E-state index is 5.60. The molecule has 0 atom stereocenters. The number of hydrogen-bond acceptors (Lipinski definition) is 0. The van der Waals surface area contributed by atoms with Gasteiger partial charge in [-0.05, 0) is 113 Å². The van der Waals surface area contributed by atoms with Gasteiger partial charge in [0, 0.05) is 12.2 Å². The van der Waals surface area contributed by atoms with Crippen LogP contribution in [0.1, 0.15) is 116 Å². The quantitative estimate of drug-likeness (QED) is 0.204. The fraction of sp³-hybridized carbons (Fsp3) is 0.386. The standard InChI is InChI=1S/C44H53O/c1-41(2,3)29-16-22-32-34(24-18-29)38(43(7,8)9)26-36(32)40(28-14-20-31(45-13)21-15-28)37-27-39(44(10,11)12)35-25-19-30(42(4,5)6)17-23-33(35)37/h14-27H,1-13H3/q+1. The van der Waals surface area contributed by atoms with E-state index in [-0.39, 0.29) is 21.7 Å². The van der Waals surface area contributed by atoms with Gasteiger partial charge in [-0.3, -0.25) is 4.42 Å². The first-order valence-electron chi connectivity index (χ1n) is 16.5. The van der Waals surface area contributed by atoms with Gasteiger partial charge in [0.05, 0.1) is 0 Å². The van der Waals surface area contributed by atoms with Crippen molar-refractivity contribution in [1.82, 2.24) is 0 Å². The van der Waals surface area contributed by atoms with Gasteiger partial charge < -0.3 is 0 Å². The minimum absolute atomic E-state index is 0.0174. The van der Waals surface area contributed by atoms with Gasteiger partial charge in [0.1, 0.15) is 0 Å². The molecule has 0 heterocycles. The van der Waals surface area contributed by atoms with Crippen LogP contribution in [-0.2, 0) is 26.1 Å². The topological polar surface area (TPSA) is 11.3 Å². The third kappa shape index (κ3) is 6.37. The van der Waals surface area contributed by atoms with E-state index in [4.69, 9.17) is 4.42 Å². The van der Waals surface area contributed by atoms with E-state index in [1.165, 1.54) is 66.8 Å². The molecule has 1 nitrogen and oxygen atoms in total. The van der Waals surface area contributed by atoms with Crippen LogP contribution in [-0.4, -0.2) is 12.9 Å². The van der Waals surface area contributed by atoms with E-state index >= 15 is 0 Å². The number of allylic oxidation sites excluding steroid dienone is 5. The summed E-state index contributed by atoms with van der Waals surface area (Å²) >= 11 is 0. The van der Waals surface area contributed by atoms with Crippen LogP contribution in [0.25, 0.3) is 27.8 Å². The van der Waals surface area contributed by atoms with Crippen molar-refractivity contribution in [2.45, 2.75) is 105 Å². The molecule has 45 heavy (non-hydrogen) atoms. The number of hydrogen-bond donors (Lipinski definition) is 0. The van der Waals surface area contributed by atoms with Crippen molar-refractivity contribution in [3.8, 4) is 22.3 Å². The molecule has 0 aromatic rings. The van der Waals surface area contributed by atoms with Crippen molar-refractivity contribution in [1.29, 1.82) is 0 Å². The van der Waals surface area contributed by atoms with E-state index in [0.717, 1.165) is 5.78 Å². The fourth-order valence-corrected chi connectivity index (χ4v) is 6.57. The van der Waals surface area contributed by atoms with E-state index < -0.39 is 0 Å². The first kappa shape index (κ1) is 32.7. The van der Waals surface area contributed by atoms with Gasteiger partial charge >= 0.3 is 5.78 Å². The summed E-state index contributed by atoms with van der Waals surface area (Å²) in [7, 11) is 1.74. The zero-order valence-corrected chi connectivity index (χ0v) is 30.0. The van der Waals surface area contributed by atoms with Crippen molar-refractivity contribution in [2.24, 2.45) is 0 Å². The molecule has 0 aromatic heterocycles. The highest BCUT2D eigenvalue weighted by molar-refractivity contribution is 6.06. The molecule has 0 radical (unpaired) electrons. The second kappa shape index (κ2) is 11.3. The Morgan fingerprint density at radius 1 is 0.444 bits per heavy atom. The lowest BCUT2D eigenvalue weighted by atomic mass is 9.85. The Kier molecular flexibility index (Phi) is 8.18. The van der Waals surface area contributed by atoms with Crippen LogP contribution in [0.15, 0.2) is 90.5 Å². The Bertz CT molecular complexity index is 1680. The monoisotopic (exact) mass is 597 g/mol. The van der Waals surface area contributed by atoms with Gasteiger partial charge in [-0.15, -0.1) is 0 Å². The number of rotatable bonds is 2. The van der Waals surface area contributed by atoms with E-state index in [9.17, 15) is 0 Å². The van der Waals surface area contributed by atoms with E-state index in [0.29, 0.717) is 0 Å². The summed E-state index contributed by atoms with van der Waals surface area (Å²) < 4.78 is 5.60. The van der Waals surface area contributed by atoms with E-state index in [1.807, 2.05) is 0 Å². The molecule has 0 fully saturated rings. The minimum Gasteiger partial charge on any atom is -0.258 e. The molecular formula is C44H53O+. The highest BCUT2D eigenvalue weighted by atomic mass is 16.4. The van der Waals surface area contributed by atoms with Crippen molar-refractivity contribution in [3.63, 3.8) is 0 Å². The summed E-state index contributed by atoms with van der Waals surface area (Å²) in [6.07, 6.45) is 8.64. The van der Waals surface area contributed by atoms with E-state index in [1.54, 1.807) is 7.11 Å². The number of ketones is 1. The van der Waals surface area contributed by atoms with Crippen LogP contribution in [0, 0.1) is 0 Å². The van der Waals surface area contributed by atoms with Crippen LogP contribution < -0.4 is 0 Å². The SMILES string of the molecule is C[O+]=C1C=CC(=C(c2cc(C(C)(C)C)c3ccc(C(C)(C)C)ccc2-3)c2cc(C(C)(C)C)c3ccc(C(C)(C)C)ccc2-3)C=C1. The average Bonchev–Trinajstić information content (AvgIpc) is 3.26. The van der Waals surface area contributed by atoms with Crippen LogP contribution in [0.4, 0.5) is 0 Å². The molecular weight excluding hydrogens is 544 g/mol. The molecule has 5 rings (SSSR count).